The Morgan fingerprint density at radius 1 is 1.28 bits per heavy atom. The van der Waals surface area contributed by atoms with Gasteiger partial charge in [0.2, 0.25) is 0 Å². The summed E-state index contributed by atoms with van der Waals surface area (Å²) in [4.78, 5) is 4.44. The Bertz CT molecular complexity index is 475. The van der Waals surface area contributed by atoms with Gasteiger partial charge in [-0.1, -0.05) is 38.3 Å². The van der Waals surface area contributed by atoms with Crippen LogP contribution in [-0.4, -0.2) is 22.6 Å². The molecular weight excluding hydrogens is 222 g/mol. The van der Waals surface area contributed by atoms with E-state index in [1.807, 2.05) is 12.4 Å². The molecule has 0 aliphatic carbocycles. The molecule has 0 fully saturated rings. The number of nitrogens with zero attached hydrogens (tertiary/aromatic N) is 2. The fraction of sp³-hybridized carbons (Fsp3) is 0.533. The number of imidazole rings is 1. The Labute approximate surface area is 109 Å². The minimum absolute atomic E-state index is 0.536. The van der Waals surface area contributed by atoms with Crippen molar-refractivity contribution in [3.63, 3.8) is 0 Å². The molecule has 0 saturated heterocycles. The third-order valence-electron chi connectivity index (χ3n) is 3.51. The van der Waals surface area contributed by atoms with Crippen LogP contribution in [0.3, 0.4) is 0 Å². The standard InChI is InChI=1S/C15H23N3/c1-3-4-5-8-13(16-2)11-18-12-17-14-9-6-7-10-15(14)18/h6-7,9-10,12-13,16H,3-5,8,11H2,1-2H3. The maximum Gasteiger partial charge on any atom is 0.0958 e. The normalized spacial score (nSPS) is 13.0. The van der Waals surface area contributed by atoms with E-state index in [1.54, 1.807) is 0 Å². The first-order valence-electron chi connectivity index (χ1n) is 6.92. The van der Waals surface area contributed by atoms with Gasteiger partial charge in [-0.15, -0.1) is 0 Å². The molecule has 0 aliphatic heterocycles. The van der Waals surface area contributed by atoms with Crippen LogP contribution in [-0.2, 0) is 6.54 Å². The summed E-state index contributed by atoms with van der Waals surface area (Å²) in [5.74, 6) is 0. The summed E-state index contributed by atoms with van der Waals surface area (Å²) in [5, 5.41) is 3.42. The number of fused-ring (bicyclic) bond motifs is 1. The molecule has 0 saturated carbocycles. The van der Waals surface area contributed by atoms with Gasteiger partial charge >= 0.3 is 0 Å². The van der Waals surface area contributed by atoms with E-state index in [0.29, 0.717) is 6.04 Å². The Balaban J connectivity index is 2.02. The molecule has 0 radical (unpaired) electrons. The molecule has 0 bridgehead atoms. The first kappa shape index (κ1) is 13.1. The molecule has 3 nitrogen and oxygen atoms in total. The van der Waals surface area contributed by atoms with E-state index >= 15 is 0 Å². The van der Waals surface area contributed by atoms with Crippen molar-refractivity contribution in [3.8, 4) is 0 Å². The van der Waals surface area contributed by atoms with Gasteiger partial charge in [-0.3, -0.25) is 0 Å². The van der Waals surface area contributed by atoms with Crippen LogP contribution < -0.4 is 5.32 Å². The third kappa shape index (κ3) is 3.10. The van der Waals surface area contributed by atoms with Gasteiger partial charge in [0, 0.05) is 12.6 Å². The van der Waals surface area contributed by atoms with E-state index < -0.39 is 0 Å². The van der Waals surface area contributed by atoms with Crippen molar-refractivity contribution < 1.29 is 0 Å². The number of para-hydroxylation sites is 2. The second kappa shape index (κ2) is 6.55. The highest BCUT2D eigenvalue weighted by atomic mass is 15.1. The van der Waals surface area contributed by atoms with Gasteiger partial charge in [-0.25, -0.2) is 4.98 Å². The summed E-state index contributed by atoms with van der Waals surface area (Å²) in [6.45, 7) is 3.25. The fourth-order valence-corrected chi connectivity index (χ4v) is 2.36. The highest BCUT2D eigenvalue weighted by Crippen LogP contribution is 2.13. The topological polar surface area (TPSA) is 29.9 Å². The number of aromatic nitrogens is 2. The van der Waals surface area contributed by atoms with Crippen LogP contribution in [0.15, 0.2) is 30.6 Å². The molecule has 1 unspecified atom stereocenters. The molecule has 2 rings (SSSR count). The van der Waals surface area contributed by atoms with Crippen LogP contribution in [0.5, 0.6) is 0 Å². The van der Waals surface area contributed by atoms with E-state index in [2.05, 4.69) is 47.0 Å². The Hall–Kier alpha value is -1.35. The van der Waals surface area contributed by atoms with Crippen molar-refractivity contribution in [2.24, 2.45) is 0 Å². The number of hydrogen-bond donors (Lipinski definition) is 1. The van der Waals surface area contributed by atoms with Crippen molar-refractivity contribution in [1.82, 2.24) is 14.9 Å². The quantitative estimate of drug-likeness (QED) is 0.759. The summed E-state index contributed by atoms with van der Waals surface area (Å²) in [5.41, 5.74) is 2.31. The first-order chi connectivity index (χ1) is 8.85. The van der Waals surface area contributed by atoms with E-state index in [0.717, 1.165) is 12.1 Å². The zero-order chi connectivity index (χ0) is 12.8. The Morgan fingerprint density at radius 3 is 2.89 bits per heavy atom. The lowest BCUT2D eigenvalue weighted by Crippen LogP contribution is -2.29. The van der Waals surface area contributed by atoms with Crippen molar-refractivity contribution in [3.05, 3.63) is 30.6 Å². The zero-order valence-corrected chi connectivity index (χ0v) is 11.4. The summed E-state index contributed by atoms with van der Waals surface area (Å²) in [7, 11) is 2.05. The fourth-order valence-electron chi connectivity index (χ4n) is 2.36. The average Bonchev–Trinajstić information content (AvgIpc) is 2.81. The lowest BCUT2D eigenvalue weighted by Gasteiger charge is -2.17. The predicted molar refractivity (Wildman–Crippen MR) is 76.7 cm³/mol. The van der Waals surface area contributed by atoms with Crippen LogP contribution in [0.1, 0.15) is 32.6 Å². The number of benzene rings is 1. The lowest BCUT2D eigenvalue weighted by atomic mass is 10.1. The largest absolute Gasteiger partial charge is 0.329 e. The van der Waals surface area contributed by atoms with Crippen LogP contribution >= 0.6 is 0 Å². The van der Waals surface area contributed by atoms with Gasteiger partial charge in [-0.05, 0) is 25.6 Å². The van der Waals surface area contributed by atoms with Gasteiger partial charge < -0.3 is 9.88 Å². The molecule has 3 heteroatoms. The van der Waals surface area contributed by atoms with Crippen molar-refractivity contribution in [2.45, 2.75) is 45.2 Å². The second-order valence-corrected chi connectivity index (χ2v) is 4.87. The predicted octanol–water partition coefficient (Wildman–Crippen LogP) is 3.20. The maximum absolute atomic E-state index is 4.44. The number of rotatable bonds is 7. The molecule has 1 atom stereocenters. The third-order valence-corrected chi connectivity index (χ3v) is 3.51. The summed E-state index contributed by atoms with van der Waals surface area (Å²) in [6, 6.07) is 8.86. The van der Waals surface area contributed by atoms with Crippen molar-refractivity contribution in [2.75, 3.05) is 7.05 Å². The molecule has 2 aromatic rings. The second-order valence-electron chi connectivity index (χ2n) is 4.87. The van der Waals surface area contributed by atoms with Gasteiger partial charge in [0.05, 0.1) is 17.4 Å². The minimum Gasteiger partial charge on any atom is -0.329 e. The van der Waals surface area contributed by atoms with Crippen molar-refractivity contribution >= 4 is 11.0 Å². The van der Waals surface area contributed by atoms with Gasteiger partial charge in [0.1, 0.15) is 0 Å². The molecule has 1 N–H and O–H groups in total. The Kier molecular flexibility index (Phi) is 4.76. The van der Waals surface area contributed by atoms with E-state index in [1.165, 1.54) is 31.2 Å². The molecule has 1 aromatic carbocycles. The molecule has 98 valence electrons. The van der Waals surface area contributed by atoms with Crippen LogP contribution in [0.25, 0.3) is 11.0 Å². The number of likely N-dealkylation sites (N-methyl/N-ethyl adjacent to an activating group) is 1. The highest BCUT2D eigenvalue weighted by molar-refractivity contribution is 5.74. The van der Waals surface area contributed by atoms with E-state index in [4.69, 9.17) is 0 Å². The number of hydrogen-bond acceptors (Lipinski definition) is 2. The highest BCUT2D eigenvalue weighted by Gasteiger charge is 2.08. The van der Waals surface area contributed by atoms with E-state index in [9.17, 15) is 0 Å². The van der Waals surface area contributed by atoms with Crippen molar-refractivity contribution in [1.29, 1.82) is 0 Å². The average molecular weight is 245 g/mol. The van der Waals surface area contributed by atoms with Crippen LogP contribution in [0.4, 0.5) is 0 Å². The van der Waals surface area contributed by atoms with Gasteiger partial charge in [-0.2, -0.15) is 0 Å². The molecule has 0 amide bonds. The summed E-state index contributed by atoms with van der Waals surface area (Å²) in [6.07, 6.45) is 7.09. The molecule has 0 spiro atoms. The molecular formula is C15H23N3. The monoisotopic (exact) mass is 245 g/mol. The number of unbranched alkanes of at least 4 members (excludes halogenated alkanes) is 2. The minimum atomic E-state index is 0.536. The van der Waals surface area contributed by atoms with Crippen LogP contribution in [0.2, 0.25) is 0 Å². The van der Waals surface area contributed by atoms with E-state index in [-0.39, 0.29) is 0 Å². The molecule has 0 aliphatic rings. The molecule has 18 heavy (non-hydrogen) atoms. The zero-order valence-electron chi connectivity index (χ0n) is 11.4. The smallest absolute Gasteiger partial charge is 0.0958 e. The molecule has 1 aromatic heterocycles. The van der Waals surface area contributed by atoms with Gasteiger partial charge in [0.25, 0.3) is 0 Å². The Morgan fingerprint density at radius 2 is 2.11 bits per heavy atom. The molecule has 1 heterocycles. The summed E-state index contributed by atoms with van der Waals surface area (Å²) >= 11 is 0. The van der Waals surface area contributed by atoms with Gasteiger partial charge in [0.15, 0.2) is 0 Å². The maximum atomic E-state index is 4.44. The SMILES string of the molecule is CCCCCC(Cn1cnc2ccccc21)NC. The summed E-state index contributed by atoms with van der Waals surface area (Å²) < 4.78 is 2.25. The first-order valence-corrected chi connectivity index (χ1v) is 6.92. The number of nitrogens with one attached hydrogen (secondary N) is 1. The van der Waals surface area contributed by atoms with Crippen LogP contribution in [0, 0.1) is 0 Å². The lowest BCUT2D eigenvalue weighted by molar-refractivity contribution is 0.439.